The minimum absolute atomic E-state index is 0.0119. The molecule has 1 saturated carbocycles. The quantitative estimate of drug-likeness (QED) is 0.772. The Kier molecular flexibility index (Phi) is 6.67. The molecule has 0 saturated heterocycles. The Bertz CT molecular complexity index is 906. The third-order valence-corrected chi connectivity index (χ3v) is 6.32. The van der Waals surface area contributed by atoms with Crippen LogP contribution in [0.15, 0.2) is 53.4 Å². The number of sulfonamides is 1. The second-order valence-electron chi connectivity index (χ2n) is 7.16. The monoisotopic (exact) mass is 404 g/mol. The van der Waals surface area contributed by atoms with E-state index in [0.717, 1.165) is 25.7 Å². The molecule has 1 amide bonds. The fourth-order valence-corrected chi connectivity index (χ4v) is 4.51. The fraction of sp³-hybridized carbons (Fsp3) is 0.381. The van der Waals surface area contributed by atoms with E-state index in [1.54, 1.807) is 12.1 Å². The van der Waals surface area contributed by atoms with Gasteiger partial charge in [0.25, 0.3) is 15.9 Å². The van der Waals surface area contributed by atoms with Crippen molar-refractivity contribution in [2.24, 2.45) is 0 Å². The van der Waals surface area contributed by atoms with Crippen LogP contribution in [0.4, 0.5) is 10.1 Å². The van der Waals surface area contributed by atoms with E-state index in [0.29, 0.717) is 5.56 Å². The van der Waals surface area contributed by atoms with Crippen LogP contribution in [0.2, 0.25) is 0 Å². The summed E-state index contributed by atoms with van der Waals surface area (Å²) in [7, 11) is -3.88. The van der Waals surface area contributed by atoms with E-state index in [1.807, 2.05) is 0 Å². The minimum Gasteiger partial charge on any atom is -0.349 e. The number of amides is 1. The van der Waals surface area contributed by atoms with Gasteiger partial charge in [0.15, 0.2) is 0 Å². The summed E-state index contributed by atoms with van der Waals surface area (Å²) in [5.41, 5.74) is 0.565. The van der Waals surface area contributed by atoms with E-state index in [-0.39, 0.29) is 22.5 Å². The summed E-state index contributed by atoms with van der Waals surface area (Å²) < 4.78 is 40.6. The first-order valence-corrected chi connectivity index (χ1v) is 11.1. The van der Waals surface area contributed by atoms with Crippen molar-refractivity contribution >= 4 is 21.6 Å². The normalized spacial score (nSPS) is 16.0. The summed E-state index contributed by atoms with van der Waals surface area (Å²) in [5, 5.41) is 3.04. The molecule has 1 fully saturated rings. The number of anilines is 1. The Morgan fingerprint density at radius 2 is 1.57 bits per heavy atom. The number of carbonyl (C=O) groups excluding carboxylic acids is 1. The predicted octanol–water partition coefficient (Wildman–Crippen LogP) is 4.47. The van der Waals surface area contributed by atoms with E-state index in [1.165, 1.54) is 55.7 Å². The molecule has 150 valence electrons. The molecule has 0 aliphatic heterocycles. The van der Waals surface area contributed by atoms with Crippen molar-refractivity contribution in [2.75, 3.05) is 4.72 Å². The molecule has 0 radical (unpaired) electrons. The summed E-state index contributed by atoms with van der Waals surface area (Å²) in [6.07, 6.45) is 7.74. The second kappa shape index (κ2) is 9.19. The fourth-order valence-electron chi connectivity index (χ4n) is 3.41. The van der Waals surface area contributed by atoms with Gasteiger partial charge in [-0.05, 0) is 55.3 Å². The van der Waals surface area contributed by atoms with Crippen LogP contribution >= 0.6 is 0 Å². The van der Waals surface area contributed by atoms with Crippen molar-refractivity contribution in [2.45, 2.75) is 55.9 Å². The smallest absolute Gasteiger partial charge is 0.261 e. The second-order valence-corrected chi connectivity index (χ2v) is 8.84. The predicted molar refractivity (Wildman–Crippen MR) is 107 cm³/mol. The van der Waals surface area contributed by atoms with E-state index in [4.69, 9.17) is 0 Å². The SMILES string of the molecule is O=C(NC1CCCCCCC1)c1cccc(S(=O)(=O)Nc2ccc(F)cc2)c1. The van der Waals surface area contributed by atoms with Crippen LogP contribution in [-0.4, -0.2) is 20.4 Å². The van der Waals surface area contributed by atoms with E-state index in [9.17, 15) is 17.6 Å². The lowest BCUT2D eigenvalue weighted by atomic mass is 9.96. The van der Waals surface area contributed by atoms with Gasteiger partial charge in [-0.2, -0.15) is 0 Å². The highest BCUT2D eigenvalue weighted by Gasteiger charge is 2.19. The maximum absolute atomic E-state index is 13.0. The van der Waals surface area contributed by atoms with Gasteiger partial charge < -0.3 is 5.32 Å². The zero-order valence-electron chi connectivity index (χ0n) is 15.7. The third-order valence-electron chi connectivity index (χ3n) is 4.94. The Balaban J connectivity index is 1.71. The largest absolute Gasteiger partial charge is 0.349 e. The Morgan fingerprint density at radius 3 is 2.25 bits per heavy atom. The van der Waals surface area contributed by atoms with Gasteiger partial charge in [-0.15, -0.1) is 0 Å². The minimum atomic E-state index is -3.88. The molecule has 28 heavy (non-hydrogen) atoms. The van der Waals surface area contributed by atoms with Crippen LogP contribution < -0.4 is 10.0 Å². The highest BCUT2D eigenvalue weighted by Crippen LogP contribution is 2.20. The molecule has 2 aromatic rings. The van der Waals surface area contributed by atoms with Crippen molar-refractivity contribution in [3.8, 4) is 0 Å². The van der Waals surface area contributed by atoms with Gasteiger partial charge in [-0.3, -0.25) is 9.52 Å². The zero-order valence-corrected chi connectivity index (χ0v) is 16.5. The molecule has 0 bridgehead atoms. The number of benzene rings is 2. The van der Waals surface area contributed by atoms with Crippen LogP contribution in [-0.2, 0) is 10.0 Å². The number of carbonyl (C=O) groups is 1. The molecular formula is C21H25FN2O3S. The molecular weight excluding hydrogens is 379 g/mol. The molecule has 1 aliphatic carbocycles. The van der Waals surface area contributed by atoms with E-state index in [2.05, 4.69) is 10.0 Å². The number of nitrogens with one attached hydrogen (secondary N) is 2. The standard InChI is InChI=1S/C21H25FN2O3S/c22-17-11-13-19(14-12-17)24-28(26,27)20-10-6-7-16(15-20)21(25)23-18-8-4-2-1-3-5-9-18/h6-7,10-15,18,24H,1-5,8-9H2,(H,23,25). The van der Waals surface area contributed by atoms with Gasteiger partial charge >= 0.3 is 0 Å². The van der Waals surface area contributed by atoms with Crippen LogP contribution in [0.1, 0.15) is 55.3 Å². The number of hydrogen-bond acceptors (Lipinski definition) is 3. The summed E-state index contributed by atoms with van der Waals surface area (Å²) in [5.74, 6) is -0.708. The molecule has 0 spiro atoms. The van der Waals surface area contributed by atoms with Gasteiger partial charge in [0.2, 0.25) is 0 Å². The molecule has 0 atom stereocenters. The molecule has 2 aromatic carbocycles. The highest BCUT2D eigenvalue weighted by molar-refractivity contribution is 7.92. The Labute approximate surface area is 165 Å². The van der Waals surface area contributed by atoms with Gasteiger partial charge in [0, 0.05) is 17.3 Å². The van der Waals surface area contributed by atoms with Gasteiger partial charge in [0.1, 0.15) is 5.82 Å². The summed E-state index contributed by atoms with van der Waals surface area (Å²) in [4.78, 5) is 12.6. The van der Waals surface area contributed by atoms with Gasteiger partial charge in [-0.1, -0.05) is 38.2 Å². The third kappa shape index (κ3) is 5.55. The molecule has 5 nitrogen and oxygen atoms in total. The van der Waals surface area contributed by atoms with Crippen molar-refractivity contribution in [3.05, 3.63) is 59.9 Å². The van der Waals surface area contributed by atoms with Crippen LogP contribution in [0.5, 0.6) is 0 Å². The van der Waals surface area contributed by atoms with Gasteiger partial charge in [-0.25, -0.2) is 12.8 Å². The molecule has 0 aromatic heterocycles. The van der Waals surface area contributed by atoms with Crippen molar-refractivity contribution in [3.63, 3.8) is 0 Å². The topological polar surface area (TPSA) is 75.3 Å². The summed E-state index contributed by atoms with van der Waals surface area (Å²) >= 11 is 0. The average molecular weight is 405 g/mol. The molecule has 7 heteroatoms. The lowest BCUT2D eigenvalue weighted by Crippen LogP contribution is -2.35. The molecule has 1 aliphatic rings. The molecule has 2 N–H and O–H groups in total. The van der Waals surface area contributed by atoms with Crippen molar-refractivity contribution in [1.82, 2.24) is 5.32 Å². The summed E-state index contributed by atoms with van der Waals surface area (Å²) in [6.45, 7) is 0. The van der Waals surface area contributed by atoms with Gasteiger partial charge in [0.05, 0.1) is 4.90 Å². The average Bonchev–Trinajstić information content (AvgIpc) is 2.65. The lowest BCUT2D eigenvalue weighted by Gasteiger charge is -2.21. The number of hydrogen-bond donors (Lipinski definition) is 2. The Morgan fingerprint density at radius 1 is 0.929 bits per heavy atom. The van der Waals surface area contributed by atoms with E-state index >= 15 is 0 Å². The van der Waals surface area contributed by atoms with Crippen LogP contribution in [0, 0.1) is 5.82 Å². The number of halogens is 1. The van der Waals surface area contributed by atoms with Crippen LogP contribution in [0.3, 0.4) is 0 Å². The molecule has 0 heterocycles. The first-order valence-electron chi connectivity index (χ1n) is 9.63. The Hall–Kier alpha value is -2.41. The number of rotatable bonds is 5. The maximum atomic E-state index is 13.0. The summed E-state index contributed by atoms with van der Waals surface area (Å²) in [6, 6.07) is 11.1. The molecule has 0 unspecified atom stereocenters. The van der Waals surface area contributed by atoms with E-state index < -0.39 is 15.8 Å². The first-order chi connectivity index (χ1) is 13.4. The highest BCUT2D eigenvalue weighted by atomic mass is 32.2. The van der Waals surface area contributed by atoms with Crippen molar-refractivity contribution in [1.29, 1.82) is 0 Å². The maximum Gasteiger partial charge on any atom is 0.261 e. The first kappa shape index (κ1) is 20.3. The molecule has 3 rings (SSSR count). The van der Waals surface area contributed by atoms with Crippen LogP contribution in [0.25, 0.3) is 0 Å². The van der Waals surface area contributed by atoms with Crippen molar-refractivity contribution < 1.29 is 17.6 Å². The zero-order chi connectivity index (χ0) is 20.0. The lowest BCUT2D eigenvalue weighted by molar-refractivity contribution is 0.0930.